The standard InChI is InChI=1S/C16H18INO2/c1-11(13-4-3-5-14(9-13)20-2)18-10-12-6-7-15(17)16(19)8-12/h3-9,11,18-19H,10H2,1-2H3. The van der Waals surface area contributed by atoms with Crippen LogP contribution in [0.5, 0.6) is 11.5 Å². The maximum absolute atomic E-state index is 9.70. The predicted octanol–water partition coefficient (Wildman–Crippen LogP) is 3.86. The number of benzene rings is 2. The van der Waals surface area contributed by atoms with Crippen molar-refractivity contribution < 1.29 is 9.84 Å². The van der Waals surface area contributed by atoms with Crippen molar-refractivity contribution in [2.24, 2.45) is 0 Å². The van der Waals surface area contributed by atoms with Gasteiger partial charge >= 0.3 is 0 Å². The fourth-order valence-electron chi connectivity index (χ4n) is 1.97. The molecule has 2 N–H and O–H groups in total. The lowest BCUT2D eigenvalue weighted by atomic mass is 10.1. The van der Waals surface area contributed by atoms with E-state index in [1.54, 1.807) is 13.2 Å². The van der Waals surface area contributed by atoms with E-state index in [0.717, 1.165) is 14.9 Å². The summed E-state index contributed by atoms with van der Waals surface area (Å²) in [6.45, 7) is 2.82. The van der Waals surface area contributed by atoms with E-state index in [1.807, 2.05) is 30.3 Å². The first kappa shape index (κ1) is 15.1. The number of halogens is 1. The molecule has 0 aliphatic heterocycles. The Balaban J connectivity index is 2.00. The molecule has 106 valence electrons. The van der Waals surface area contributed by atoms with Gasteiger partial charge in [-0.2, -0.15) is 0 Å². The lowest BCUT2D eigenvalue weighted by Crippen LogP contribution is -2.18. The zero-order chi connectivity index (χ0) is 14.5. The number of hydrogen-bond donors (Lipinski definition) is 2. The van der Waals surface area contributed by atoms with Crippen LogP contribution >= 0.6 is 22.6 Å². The molecule has 0 saturated heterocycles. The van der Waals surface area contributed by atoms with Crippen LogP contribution in [0.15, 0.2) is 42.5 Å². The molecule has 4 heteroatoms. The topological polar surface area (TPSA) is 41.5 Å². The molecule has 3 nitrogen and oxygen atoms in total. The third-order valence-corrected chi connectivity index (χ3v) is 4.13. The Kier molecular flexibility index (Phi) is 5.25. The molecule has 20 heavy (non-hydrogen) atoms. The van der Waals surface area contributed by atoms with E-state index in [9.17, 15) is 5.11 Å². The number of nitrogens with one attached hydrogen (secondary N) is 1. The highest BCUT2D eigenvalue weighted by atomic mass is 127. The van der Waals surface area contributed by atoms with Gasteiger partial charge in [0.15, 0.2) is 0 Å². The van der Waals surface area contributed by atoms with E-state index in [2.05, 4.69) is 40.9 Å². The van der Waals surface area contributed by atoms with Crippen LogP contribution in [0.2, 0.25) is 0 Å². The fraction of sp³-hybridized carbons (Fsp3) is 0.250. The SMILES string of the molecule is COc1cccc(C(C)NCc2ccc(I)c(O)c2)c1. The van der Waals surface area contributed by atoms with E-state index < -0.39 is 0 Å². The Hall–Kier alpha value is -1.27. The highest BCUT2D eigenvalue weighted by Gasteiger charge is 2.07. The van der Waals surface area contributed by atoms with Crippen LogP contribution in [-0.2, 0) is 6.54 Å². The fourth-order valence-corrected chi connectivity index (χ4v) is 2.30. The number of rotatable bonds is 5. The number of ether oxygens (including phenoxy) is 1. The maximum atomic E-state index is 9.70. The van der Waals surface area contributed by atoms with E-state index in [4.69, 9.17) is 4.74 Å². The van der Waals surface area contributed by atoms with Gasteiger partial charge < -0.3 is 15.2 Å². The van der Waals surface area contributed by atoms with E-state index in [-0.39, 0.29) is 6.04 Å². The summed E-state index contributed by atoms with van der Waals surface area (Å²) in [6.07, 6.45) is 0. The van der Waals surface area contributed by atoms with Crippen molar-refractivity contribution in [2.45, 2.75) is 19.5 Å². The van der Waals surface area contributed by atoms with Gasteiger partial charge in [-0.25, -0.2) is 0 Å². The zero-order valence-electron chi connectivity index (χ0n) is 11.6. The molecule has 0 aliphatic carbocycles. The number of phenolic OH excluding ortho intramolecular Hbond substituents is 1. The molecule has 0 aliphatic rings. The van der Waals surface area contributed by atoms with Gasteiger partial charge in [0.25, 0.3) is 0 Å². The zero-order valence-corrected chi connectivity index (χ0v) is 13.7. The van der Waals surface area contributed by atoms with Crippen LogP contribution in [0, 0.1) is 3.57 Å². The van der Waals surface area contributed by atoms with Crippen molar-refractivity contribution in [3.8, 4) is 11.5 Å². The Morgan fingerprint density at radius 1 is 1.25 bits per heavy atom. The Bertz CT molecular complexity index is 586. The average Bonchev–Trinajstić information content (AvgIpc) is 2.48. The van der Waals surface area contributed by atoms with Crippen molar-refractivity contribution in [1.82, 2.24) is 5.32 Å². The molecule has 0 spiro atoms. The Labute approximate surface area is 133 Å². The van der Waals surface area contributed by atoms with Gasteiger partial charge in [0, 0.05) is 12.6 Å². The summed E-state index contributed by atoms with van der Waals surface area (Å²) >= 11 is 2.12. The molecular formula is C16H18INO2. The van der Waals surface area contributed by atoms with Gasteiger partial charge in [-0.15, -0.1) is 0 Å². The van der Waals surface area contributed by atoms with Crippen LogP contribution in [-0.4, -0.2) is 12.2 Å². The molecule has 2 aromatic carbocycles. The lowest BCUT2D eigenvalue weighted by Gasteiger charge is -2.15. The Morgan fingerprint density at radius 3 is 2.75 bits per heavy atom. The summed E-state index contributed by atoms with van der Waals surface area (Å²) in [6, 6.07) is 14.0. The van der Waals surface area contributed by atoms with Crippen molar-refractivity contribution in [3.05, 3.63) is 57.2 Å². The highest BCUT2D eigenvalue weighted by molar-refractivity contribution is 14.1. The quantitative estimate of drug-likeness (QED) is 0.771. The van der Waals surface area contributed by atoms with Gasteiger partial charge in [0.1, 0.15) is 11.5 Å². The van der Waals surface area contributed by atoms with Gasteiger partial charge in [0.2, 0.25) is 0 Å². The van der Waals surface area contributed by atoms with Crippen molar-refractivity contribution >= 4 is 22.6 Å². The monoisotopic (exact) mass is 383 g/mol. The second kappa shape index (κ2) is 6.95. The predicted molar refractivity (Wildman–Crippen MR) is 89.1 cm³/mol. The van der Waals surface area contributed by atoms with Gasteiger partial charge in [-0.05, 0) is 64.9 Å². The van der Waals surface area contributed by atoms with E-state index >= 15 is 0 Å². The highest BCUT2D eigenvalue weighted by Crippen LogP contribution is 2.22. The molecule has 2 aromatic rings. The Morgan fingerprint density at radius 2 is 2.05 bits per heavy atom. The van der Waals surface area contributed by atoms with Crippen molar-refractivity contribution in [2.75, 3.05) is 7.11 Å². The minimum atomic E-state index is 0.214. The minimum absolute atomic E-state index is 0.214. The van der Waals surface area contributed by atoms with Crippen LogP contribution in [0.3, 0.4) is 0 Å². The molecule has 0 aromatic heterocycles. The van der Waals surface area contributed by atoms with Crippen molar-refractivity contribution in [3.63, 3.8) is 0 Å². The summed E-state index contributed by atoms with van der Waals surface area (Å²) in [7, 11) is 1.67. The number of methoxy groups -OCH3 is 1. The van der Waals surface area contributed by atoms with Crippen LogP contribution < -0.4 is 10.1 Å². The molecule has 0 saturated carbocycles. The van der Waals surface area contributed by atoms with Gasteiger partial charge in [-0.3, -0.25) is 0 Å². The first-order chi connectivity index (χ1) is 9.60. The second-order valence-corrected chi connectivity index (χ2v) is 5.83. The maximum Gasteiger partial charge on any atom is 0.129 e. The summed E-state index contributed by atoms with van der Waals surface area (Å²) in [5, 5.41) is 13.1. The third-order valence-electron chi connectivity index (χ3n) is 3.22. The summed E-state index contributed by atoms with van der Waals surface area (Å²) in [5.41, 5.74) is 2.25. The molecule has 0 bridgehead atoms. The first-order valence-electron chi connectivity index (χ1n) is 6.45. The molecule has 1 unspecified atom stereocenters. The largest absolute Gasteiger partial charge is 0.507 e. The number of hydrogen-bond acceptors (Lipinski definition) is 3. The van der Waals surface area contributed by atoms with E-state index in [0.29, 0.717) is 12.3 Å². The van der Waals surface area contributed by atoms with Gasteiger partial charge in [-0.1, -0.05) is 18.2 Å². The molecule has 0 heterocycles. The number of aromatic hydroxyl groups is 1. The van der Waals surface area contributed by atoms with E-state index in [1.165, 1.54) is 5.56 Å². The minimum Gasteiger partial charge on any atom is -0.507 e. The first-order valence-corrected chi connectivity index (χ1v) is 7.52. The average molecular weight is 383 g/mol. The molecule has 0 fully saturated rings. The van der Waals surface area contributed by atoms with Crippen LogP contribution in [0.25, 0.3) is 0 Å². The molecule has 0 amide bonds. The molecule has 1 atom stereocenters. The number of phenols is 1. The van der Waals surface area contributed by atoms with Crippen LogP contribution in [0.4, 0.5) is 0 Å². The van der Waals surface area contributed by atoms with Gasteiger partial charge in [0.05, 0.1) is 10.7 Å². The lowest BCUT2D eigenvalue weighted by molar-refractivity contribution is 0.413. The summed E-state index contributed by atoms with van der Waals surface area (Å²) < 4.78 is 6.10. The smallest absolute Gasteiger partial charge is 0.129 e. The molecule has 0 radical (unpaired) electrons. The second-order valence-electron chi connectivity index (χ2n) is 4.66. The van der Waals surface area contributed by atoms with Crippen molar-refractivity contribution in [1.29, 1.82) is 0 Å². The summed E-state index contributed by atoms with van der Waals surface area (Å²) in [4.78, 5) is 0. The summed E-state index contributed by atoms with van der Waals surface area (Å²) in [5.74, 6) is 1.20. The van der Waals surface area contributed by atoms with Crippen LogP contribution in [0.1, 0.15) is 24.1 Å². The third kappa shape index (κ3) is 3.86. The normalized spacial score (nSPS) is 12.2. The molecular weight excluding hydrogens is 365 g/mol. The molecule has 2 rings (SSSR count).